The summed E-state index contributed by atoms with van der Waals surface area (Å²) in [6.07, 6.45) is 0. The van der Waals surface area contributed by atoms with Gasteiger partial charge in [0.1, 0.15) is 0 Å². The number of hydrogen-bond donors (Lipinski definition) is 1. The van der Waals surface area contributed by atoms with E-state index in [1.54, 1.807) is 24.3 Å². The van der Waals surface area contributed by atoms with Gasteiger partial charge in [0.2, 0.25) is 11.8 Å². The van der Waals surface area contributed by atoms with E-state index in [-0.39, 0.29) is 17.2 Å². The first-order chi connectivity index (χ1) is 14.2. The van der Waals surface area contributed by atoms with Crippen LogP contribution in [0.15, 0.2) is 95.4 Å². The Hall–Kier alpha value is -3.17. The van der Waals surface area contributed by atoms with E-state index in [0.717, 1.165) is 5.56 Å². The molecule has 1 heterocycles. The summed E-state index contributed by atoms with van der Waals surface area (Å²) in [5.74, 6) is 0.139. The van der Waals surface area contributed by atoms with E-state index < -0.39 is 13.8 Å². The second kappa shape index (κ2) is 8.46. The highest BCUT2D eigenvalue weighted by atomic mass is 31.2. The van der Waals surface area contributed by atoms with Crippen LogP contribution in [-0.2, 0) is 17.8 Å². The average Bonchev–Trinajstić information content (AvgIpc) is 3.23. The maximum absolute atomic E-state index is 14.5. The Balaban J connectivity index is 1.83. The van der Waals surface area contributed by atoms with Gasteiger partial charge in [-0.05, 0) is 5.56 Å². The quantitative estimate of drug-likeness (QED) is 0.463. The fraction of sp³-hybridized carbons (Fsp3) is 0.0870. The minimum atomic E-state index is -3.36. The molecule has 29 heavy (non-hydrogen) atoms. The van der Waals surface area contributed by atoms with Gasteiger partial charge in [-0.3, -0.25) is 0 Å². The molecule has 6 heteroatoms. The zero-order valence-electron chi connectivity index (χ0n) is 15.7. The highest BCUT2D eigenvalue weighted by Crippen LogP contribution is 2.44. The van der Waals surface area contributed by atoms with E-state index in [1.807, 2.05) is 66.7 Å². The van der Waals surface area contributed by atoms with Crippen LogP contribution < -0.4 is 21.4 Å². The summed E-state index contributed by atoms with van der Waals surface area (Å²) in [4.78, 5) is 4.30. The molecule has 4 rings (SSSR count). The fourth-order valence-corrected chi connectivity index (χ4v) is 5.82. The third-order valence-corrected chi connectivity index (χ3v) is 7.55. The van der Waals surface area contributed by atoms with E-state index in [4.69, 9.17) is 4.42 Å². The topological polar surface area (TPSA) is 55.1 Å². The molecular formula is C23H20FN2O2P. The molecule has 0 aliphatic carbocycles. The predicted octanol–water partition coefficient (Wildman–Crippen LogP) is 4.40. The first-order valence-electron chi connectivity index (χ1n) is 9.27. The number of nitrogens with one attached hydrogen (secondary N) is 1. The number of benzene rings is 3. The lowest BCUT2D eigenvalue weighted by Crippen LogP contribution is -2.27. The second-order valence-corrected chi connectivity index (χ2v) is 9.19. The van der Waals surface area contributed by atoms with Crippen molar-refractivity contribution >= 4 is 29.1 Å². The Labute approximate surface area is 168 Å². The predicted molar refractivity (Wildman–Crippen MR) is 114 cm³/mol. The lowest BCUT2D eigenvalue weighted by molar-refractivity contribution is 0.385. The maximum atomic E-state index is 14.5. The number of nitrogens with zero attached hydrogens (tertiary/aromatic N) is 1. The summed E-state index contributed by atoms with van der Waals surface area (Å²) >= 11 is 0. The average molecular weight is 406 g/mol. The van der Waals surface area contributed by atoms with Gasteiger partial charge in [-0.25, -0.2) is 9.37 Å². The van der Waals surface area contributed by atoms with Gasteiger partial charge in [0.25, 0.3) is 0 Å². The highest BCUT2D eigenvalue weighted by Gasteiger charge is 2.36. The van der Waals surface area contributed by atoms with Crippen LogP contribution in [-0.4, -0.2) is 4.98 Å². The van der Waals surface area contributed by atoms with Crippen LogP contribution in [0.2, 0.25) is 0 Å². The van der Waals surface area contributed by atoms with Crippen LogP contribution in [0.25, 0.3) is 0 Å². The van der Waals surface area contributed by atoms with Crippen molar-refractivity contribution in [1.29, 1.82) is 0 Å². The Bertz CT molecular complexity index is 1070. The SMILES string of the molecule is O=P(c1ccccc1)(c1ccccc1)c1nc(CF)oc1NCc1ccccc1. The van der Waals surface area contributed by atoms with Crippen LogP contribution >= 0.6 is 7.14 Å². The smallest absolute Gasteiger partial charge is 0.229 e. The van der Waals surface area contributed by atoms with Crippen LogP contribution in [0, 0.1) is 0 Å². The van der Waals surface area contributed by atoms with E-state index in [1.165, 1.54) is 0 Å². The van der Waals surface area contributed by atoms with Crippen LogP contribution in [0.3, 0.4) is 0 Å². The molecule has 0 unspecified atom stereocenters. The third kappa shape index (κ3) is 3.87. The van der Waals surface area contributed by atoms with Crippen LogP contribution in [0.5, 0.6) is 0 Å². The van der Waals surface area contributed by atoms with Crippen molar-refractivity contribution in [1.82, 2.24) is 4.98 Å². The summed E-state index contributed by atoms with van der Waals surface area (Å²) < 4.78 is 33.5. The van der Waals surface area contributed by atoms with Gasteiger partial charge in [0, 0.05) is 17.2 Å². The number of oxazole rings is 1. The molecule has 1 aromatic heterocycles. The first-order valence-corrected chi connectivity index (χ1v) is 11.0. The molecule has 0 aliphatic rings. The molecule has 4 nitrogen and oxygen atoms in total. The zero-order valence-corrected chi connectivity index (χ0v) is 16.6. The maximum Gasteiger partial charge on any atom is 0.229 e. The number of rotatable bonds is 7. The molecule has 0 fully saturated rings. The van der Waals surface area contributed by atoms with Gasteiger partial charge >= 0.3 is 0 Å². The van der Waals surface area contributed by atoms with Gasteiger partial charge < -0.3 is 14.3 Å². The molecule has 0 radical (unpaired) electrons. The molecule has 4 aromatic rings. The van der Waals surface area contributed by atoms with Crippen LogP contribution in [0.4, 0.5) is 10.3 Å². The molecule has 146 valence electrons. The molecule has 0 aliphatic heterocycles. The normalized spacial score (nSPS) is 11.3. The van der Waals surface area contributed by atoms with Gasteiger partial charge in [0.15, 0.2) is 19.3 Å². The first kappa shape index (κ1) is 19.2. The standard InChI is InChI=1S/C23H20FN2O2P/c24-16-21-26-23(22(28-21)25-17-18-10-4-1-5-11-18)29(27,19-12-6-2-7-13-19)20-14-8-3-9-15-20/h1-15,25H,16-17H2. The second-order valence-electron chi connectivity index (χ2n) is 6.51. The van der Waals surface area contributed by atoms with E-state index in [9.17, 15) is 8.96 Å². The Morgan fingerprint density at radius 3 is 1.86 bits per heavy atom. The third-order valence-electron chi connectivity index (χ3n) is 4.60. The van der Waals surface area contributed by atoms with Crippen molar-refractivity contribution in [3.8, 4) is 0 Å². The van der Waals surface area contributed by atoms with Crippen molar-refractivity contribution in [3.63, 3.8) is 0 Å². The summed E-state index contributed by atoms with van der Waals surface area (Å²) in [6.45, 7) is -0.429. The van der Waals surface area contributed by atoms with Crippen molar-refractivity contribution in [2.75, 3.05) is 5.32 Å². The summed E-state index contributed by atoms with van der Waals surface area (Å²) in [5, 5.41) is 4.40. The summed E-state index contributed by atoms with van der Waals surface area (Å²) in [6, 6.07) is 28.0. The largest absolute Gasteiger partial charge is 0.422 e. The Morgan fingerprint density at radius 1 is 0.828 bits per heavy atom. The number of alkyl halides is 1. The molecule has 0 bridgehead atoms. The summed E-state index contributed by atoms with van der Waals surface area (Å²) in [7, 11) is -3.36. The molecule has 0 saturated heterocycles. The molecule has 1 N–H and O–H groups in total. The van der Waals surface area contributed by atoms with E-state index >= 15 is 0 Å². The van der Waals surface area contributed by atoms with Gasteiger partial charge in [-0.1, -0.05) is 91.0 Å². The van der Waals surface area contributed by atoms with E-state index in [0.29, 0.717) is 17.2 Å². The summed E-state index contributed by atoms with van der Waals surface area (Å²) in [5.41, 5.74) is 1.25. The molecular weight excluding hydrogens is 386 g/mol. The molecule has 0 atom stereocenters. The zero-order chi connectivity index (χ0) is 20.1. The Morgan fingerprint density at radius 2 is 1.34 bits per heavy atom. The van der Waals surface area contributed by atoms with Crippen molar-refractivity contribution in [2.24, 2.45) is 0 Å². The van der Waals surface area contributed by atoms with Gasteiger partial charge in [-0.15, -0.1) is 0 Å². The fourth-order valence-electron chi connectivity index (χ4n) is 3.19. The Kier molecular flexibility index (Phi) is 5.59. The highest BCUT2D eigenvalue weighted by molar-refractivity contribution is 7.85. The molecule has 0 saturated carbocycles. The molecule has 0 amide bonds. The lowest BCUT2D eigenvalue weighted by atomic mass is 10.2. The van der Waals surface area contributed by atoms with Gasteiger partial charge in [0.05, 0.1) is 0 Å². The van der Waals surface area contributed by atoms with Gasteiger partial charge in [-0.2, -0.15) is 0 Å². The minimum Gasteiger partial charge on any atom is -0.422 e. The van der Waals surface area contributed by atoms with Crippen molar-refractivity contribution in [3.05, 3.63) is 102 Å². The van der Waals surface area contributed by atoms with Crippen molar-refractivity contribution in [2.45, 2.75) is 13.2 Å². The molecule has 0 spiro atoms. The van der Waals surface area contributed by atoms with E-state index in [2.05, 4.69) is 10.3 Å². The number of hydrogen-bond acceptors (Lipinski definition) is 4. The van der Waals surface area contributed by atoms with Crippen LogP contribution in [0.1, 0.15) is 11.5 Å². The number of aromatic nitrogens is 1. The molecule has 3 aromatic carbocycles. The van der Waals surface area contributed by atoms with Crippen molar-refractivity contribution < 1.29 is 13.4 Å². The number of anilines is 1. The monoisotopic (exact) mass is 406 g/mol. The minimum absolute atomic E-state index is 0.0948. The lowest BCUT2D eigenvalue weighted by Gasteiger charge is -2.18. The number of halogens is 1.